The van der Waals surface area contributed by atoms with Crippen LogP contribution in [0.1, 0.15) is 37.2 Å². The first-order valence-electron chi connectivity index (χ1n) is 10.2. The van der Waals surface area contributed by atoms with E-state index in [1.807, 2.05) is 42.6 Å². The van der Waals surface area contributed by atoms with Gasteiger partial charge >= 0.3 is 0 Å². The Labute approximate surface area is 169 Å². The van der Waals surface area contributed by atoms with E-state index in [0.29, 0.717) is 11.7 Å². The van der Waals surface area contributed by atoms with Crippen LogP contribution in [0.5, 0.6) is 0 Å². The van der Waals surface area contributed by atoms with Crippen molar-refractivity contribution in [3.63, 3.8) is 0 Å². The van der Waals surface area contributed by atoms with E-state index in [1.165, 1.54) is 0 Å². The van der Waals surface area contributed by atoms with Gasteiger partial charge in [-0.1, -0.05) is 19.1 Å². The predicted octanol–water partition coefficient (Wildman–Crippen LogP) is 3.53. The van der Waals surface area contributed by atoms with Gasteiger partial charge in [-0.05, 0) is 43.5 Å². The summed E-state index contributed by atoms with van der Waals surface area (Å²) in [6.45, 7) is 4.00. The van der Waals surface area contributed by atoms with Crippen molar-refractivity contribution in [1.82, 2.24) is 29.5 Å². The van der Waals surface area contributed by atoms with Crippen LogP contribution < -0.4 is 4.90 Å². The average molecular weight is 385 g/mol. The third-order valence-electron chi connectivity index (χ3n) is 5.55. The van der Waals surface area contributed by atoms with Crippen LogP contribution in [-0.2, 0) is 6.42 Å². The van der Waals surface area contributed by atoms with Gasteiger partial charge in [0, 0.05) is 43.2 Å². The van der Waals surface area contributed by atoms with Crippen molar-refractivity contribution >= 4 is 11.5 Å². The largest absolute Gasteiger partial charge is 0.356 e. The summed E-state index contributed by atoms with van der Waals surface area (Å²) in [6.07, 6.45) is 6.76. The van der Waals surface area contributed by atoms with Crippen molar-refractivity contribution in [2.75, 3.05) is 18.0 Å². The molecule has 5 rings (SSSR count). The maximum Gasteiger partial charge on any atom is 0.180 e. The number of anilines is 1. The van der Waals surface area contributed by atoms with Crippen molar-refractivity contribution in [3.8, 4) is 11.5 Å². The second-order valence-electron chi connectivity index (χ2n) is 7.36. The van der Waals surface area contributed by atoms with E-state index in [0.717, 1.165) is 61.0 Å². The molecule has 1 aliphatic rings. The van der Waals surface area contributed by atoms with Gasteiger partial charge in [0.15, 0.2) is 11.5 Å². The van der Waals surface area contributed by atoms with Crippen molar-refractivity contribution in [2.45, 2.75) is 32.1 Å². The monoisotopic (exact) mass is 385 g/mol. The highest BCUT2D eigenvalue weighted by atomic mass is 15.3. The topological polar surface area (TPSA) is 72.1 Å². The fourth-order valence-corrected chi connectivity index (χ4v) is 3.94. The Kier molecular flexibility index (Phi) is 4.63. The standard InChI is InChI=1S/C22H23N7/c1-2-17-15-20(25-21(24-17)18-7-3-5-11-23-18)28-13-9-16(10-14-28)22-27-26-19-8-4-6-12-29(19)22/h3-8,11-12,15-16H,2,9-10,13-14H2,1H3. The van der Waals surface area contributed by atoms with Gasteiger partial charge in [-0.25, -0.2) is 9.97 Å². The Morgan fingerprint density at radius 1 is 1.00 bits per heavy atom. The number of rotatable bonds is 4. The maximum atomic E-state index is 4.83. The molecule has 5 heterocycles. The lowest BCUT2D eigenvalue weighted by Crippen LogP contribution is -2.34. The van der Waals surface area contributed by atoms with Crippen LogP contribution in [-0.4, -0.2) is 42.6 Å². The van der Waals surface area contributed by atoms with E-state index in [4.69, 9.17) is 4.98 Å². The van der Waals surface area contributed by atoms with Crippen LogP contribution in [0.25, 0.3) is 17.2 Å². The normalized spacial score (nSPS) is 15.1. The van der Waals surface area contributed by atoms with Crippen molar-refractivity contribution in [3.05, 3.63) is 66.4 Å². The van der Waals surface area contributed by atoms with Gasteiger partial charge in [-0.2, -0.15) is 0 Å². The molecule has 7 nitrogen and oxygen atoms in total. The zero-order chi connectivity index (χ0) is 19.6. The van der Waals surface area contributed by atoms with Gasteiger partial charge in [0.1, 0.15) is 17.3 Å². The number of piperidine rings is 1. The van der Waals surface area contributed by atoms with Gasteiger partial charge < -0.3 is 4.90 Å². The summed E-state index contributed by atoms with van der Waals surface area (Å²) in [7, 11) is 0. The summed E-state index contributed by atoms with van der Waals surface area (Å²) in [6, 6.07) is 14.0. The van der Waals surface area contributed by atoms with E-state index >= 15 is 0 Å². The van der Waals surface area contributed by atoms with Crippen LogP contribution in [0.2, 0.25) is 0 Å². The Morgan fingerprint density at radius 2 is 1.86 bits per heavy atom. The molecule has 4 aromatic heterocycles. The third-order valence-corrected chi connectivity index (χ3v) is 5.55. The van der Waals surface area contributed by atoms with Gasteiger partial charge in [0.2, 0.25) is 0 Å². The molecule has 0 radical (unpaired) electrons. The van der Waals surface area contributed by atoms with E-state index < -0.39 is 0 Å². The maximum absolute atomic E-state index is 4.83. The van der Waals surface area contributed by atoms with Crippen LogP contribution in [0, 0.1) is 0 Å². The first kappa shape index (κ1) is 17.7. The number of aryl methyl sites for hydroxylation is 1. The number of pyridine rings is 2. The summed E-state index contributed by atoms with van der Waals surface area (Å²) in [5.41, 5.74) is 2.77. The molecule has 29 heavy (non-hydrogen) atoms. The van der Waals surface area contributed by atoms with E-state index in [2.05, 4.69) is 42.5 Å². The molecule has 0 unspecified atom stereocenters. The molecular weight excluding hydrogens is 362 g/mol. The van der Waals surface area contributed by atoms with Crippen molar-refractivity contribution < 1.29 is 0 Å². The number of aromatic nitrogens is 6. The lowest BCUT2D eigenvalue weighted by Gasteiger charge is -2.32. The summed E-state index contributed by atoms with van der Waals surface area (Å²) in [5, 5.41) is 8.77. The second kappa shape index (κ2) is 7.58. The van der Waals surface area contributed by atoms with Crippen LogP contribution in [0.4, 0.5) is 5.82 Å². The smallest absolute Gasteiger partial charge is 0.180 e. The molecule has 0 N–H and O–H groups in total. The highest BCUT2D eigenvalue weighted by Crippen LogP contribution is 2.30. The molecule has 0 saturated carbocycles. The predicted molar refractivity (Wildman–Crippen MR) is 112 cm³/mol. The first-order chi connectivity index (χ1) is 14.3. The molecule has 7 heteroatoms. The van der Waals surface area contributed by atoms with Gasteiger partial charge in [0.05, 0.1) is 0 Å². The fraction of sp³-hybridized carbons (Fsp3) is 0.318. The molecule has 0 amide bonds. The quantitative estimate of drug-likeness (QED) is 0.535. The molecule has 0 atom stereocenters. The summed E-state index contributed by atoms with van der Waals surface area (Å²) >= 11 is 0. The highest BCUT2D eigenvalue weighted by Gasteiger charge is 2.25. The third kappa shape index (κ3) is 3.44. The molecule has 4 aromatic rings. The molecule has 0 aromatic carbocycles. The Bertz CT molecular complexity index is 1110. The zero-order valence-corrected chi connectivity index (χ0v) is 16.4. The fourth-order valence-electron chi connectivity index (χ4n) is 3.94. The number of fused-ring (bicyclic) bond motifs is 1. The van der Waals surface area contributed by atoms with Crippen molar-refractivity contribution in [1.29, 1.82) is 0 Å². The lowest BCUT2D eigenvalue weighted by atomic mass is 9.96. The minimum Gasteiger partial charge on any atom is -0.356 e. The van der Waals surface area contributed by atoms with Gasteiger partial charge in [0.25, 0.3) is 0 Å². The van der Waals surface area contributed by atoms with E-state index in [-0.39, 0.29) is 0 Å². The Balaban J connectivity index is 1.38. The van der Waals surface area contributed by atoms with Crippen LogP contribution in [0.3, 0.4) is 0 Å². The minimum absolute atomic E-state index is 0.409. The number of hydrogen-bond acceptors (Lipinski definition) is 6. The molecule has 0 spiro atoms. The molecule has 146 valence electrons. The molecule has 1 aliphatic heterocycles. The second-order valence-corrected chi connectivity index (χ2v) is 7.36. The minimum atomic E-state index is 0.409. The molecule has 1 saturated heterocycles. The van der Waals surface area contributed by atoms with Crippen LogP contribution >= 0.6 is 0 Å². The number of hydrogen-bond donors (Lipinski definition) is 0. The van der Waals surface area contributed by atoms with Crippen molar-refractivity contribution in [2.24, 2.45) is 0 Å². The zero-order valence-electron chi connectivity index (χ0n) is 16.4. The summed E-state index contributed by atoms with van der Waals surface area (Å²) in [4.78, 5) is 16.3. The average Bonchev–Trinajstić information content (AvgIpc) is 3.24. The molecule has 1 fully saturated rings. The summed E-state index contributed by atoms with van der Waals surface area (Å²) < 4.78 is 2.11. The summed E-state index contributed by atoms with van der Waals surface area (Å²) in [5.74, 6) is 3.16. The van der Waals surface area contributed by atoms with Crippen LogP contribution in [0.15, 0.2) is 54.9 Å². The first-order valence-corrected chi connectivity index (χ1v) is 10.2. The lowest BCUT2D eigenvalue weighted by molar-refractivity contribution is 0.480. The highest BCUT2D eigenvalue weighted by molar-refractivity contribution is 5.54. The van der Waals surface area contributed by atoms with E-state index in [9.17, 15) is 0 Å². The van der Waals surface area contributed by atoms with E-state index in [1.54, 1.807) is 6.20 Å². The molecule has 0 bridgehead atoms. The Morgan fingerprint density at radius 3 is 2.66 bits per heavy atom. The van der Waals surface area contributed by atoms with Gasteiger partial charge in [-0.15, -0.1) is 10.2 Å². The molecule has 0 aliphatic carbocycles. The Hall–Kier alpha value is -3.35. The number of nitrogens with zero attached hydrogens (tertiary/aromatic N) is 7. The molecular formula is C22H23N7. The SMILES string of the molecule is CCc1cc(N2CCC(c3nnc4ccccn34)CC2)nc(-c2ccccn2)n1. The van der Waals surface area contributed by atoms with Gasteiger partial charge in [-0.3, -0.25) is 9.38 Å².